The molecule has 0 aromatic carbocycles. The second kappa shape index (κ2) is 2.98. The van der Waals surface area contributed by atoms with Gasteiger partial charge in [-0.3, -0.25) is 0 Å². The molecular formula is C5H15IN2. The predicted molar refractivity (Wildman–Crippen MR) is 47.3 cm³/mol. The van der Waals surface area contributed by atoms with Gasteiger partial charge in [0.2, 0.25) is 0 Å². The maximum atomic E-state index is 5.66. The Labute approximate surface area is 59.0 Å². The van der Waals surface area contributed by atoms with E-state index in [2.05, 4.69) is 13.4 Å². The molecule has 3 heteroatoms. The van der Waals surface area contributed by atoms with Gasteiger partial charge in [0.1, 0.15) is 0 Å². The second-order valence-electron chi connectivity index (χ2n) is 2.57. The van der Waals surface area contributed by atoms with Crippen molar-refractivity contribution >= 4 is 20.1 Å². The first-order chi connectivity index (χ1) is 3.42. The van der Waals surface area contributed by atoms with Crippen LogP contribution in [-0.2, 0) is 0 Å². The molecule has 0 amide bonds. The Balaban J connectivity index is 3.39. The van der Waals surface area contributed by atoms with E-state index < -0.39 is 20.1 Å². The molecule has 0 saturated carbocycles. The van der Waals surface area contributed by atoms with Gasteiger partial charge < -0.3 is 0 Å². The number of nitrogens with one attached hydrogen (secondary N) is 1. The number of nitrogens with two attached hydrogens (primary N) is 1. The monoisotopic (exact) mass is 230 g/mol. The number of alkyl halides is 2. The summed E-state index contributed by atoms with van der Waals surface area (Å²) in [5.41, 5.74) is 5.51. The van der Waals surface area contributed by atoms with Crippen LogP contribution >= 0.6 is 20.1 Å². The molecule has 0 spiro atoms. The van der Waals surface area contributed by atoms with E-state index in [1.54, 1.807) is 0 Å². The molecule has 2 nitrogen and oxygen atoms in total. The standard InChI is InChI=1S/C5H15IN2/c1-5(2,7)8-6(3)4/h8H,7H2,1-4H3. The van der Waals surface area contributed by atoms with E-state index in [0.29, 0.717) is 0 Å². The van der Waals surface area contributed by atoms with Gasteiger partial charge in [-0.25, -0.2) is 0 Å². The van der Waals surface area contributed by atoms with E-state index in [4.69, 9.17) is 5.73 Å². The maximum absolute atomic E-state index is 5.66. The zero-order valence-electron chi connectivity index (χ0n) is 5.96. The van der Waals surface area contributed by atoms with Crippen molar-refractivity contribution in [1.82, 2.24) is 3.53 Å². The molecule has 0 radical (unpaired) electrons. The Hall–Kier alpha value is 0.650. The quantitative estimate of drug-likeness (QED) is 0.321. The summed E-state index contributed by atoms with van der Waals surface area (Å²) in [7, 11) is 0. The molecule has 0 aliphatic heterocycles. The Morgan fingerprint density at radius 3 is 1.75 bits per heavy atom. The minimum absolute atomic E-state index is 0.158. The number of halogens is 1. The van der Waals surface area contributed by atoms with Crippen molar-refractivity contribution in [2.45, 2.75) is 19.5 Å². The minimum atomic E-state index is -0.816. The number of rotatable bonds is 2. The third-order valence-corrected chi connectivity index (χ3v) is 2.90. The molecule has 0 atom stereocenters. The van der Waals surface area contributed by atoms with Crippen LogP contribution in [0.2, 0.25) is 0 Å². The average Bonchev–Trinajstić information content (AvgIpc) is 1.21. The fraction of sp³-hybridized carbons (Fsp3) is 1.00. The van der Waals surface area contributed by atoms with Crippen LogP contribution in [0.25, 0.3) is 0 Å². The normalized spacial score (nSPS) is 13.9. The summed E-state index contributed by atoms with van der Waals surface area (Å²) in [4.78, 5) is 4.47. The Morgan fingerprint density at radius 2 is 1.75 bits per heavy atom. The van der Waals surface area contributed by atoms with Crippen LogP contribution in [0.1, 0.15) is 13.8 Å². The van der Waals surface area contributed by atoms with Crippen molar-refractivity contribution in [3.63, 3.8) is 0 Å². The molecule has 0 aromatic heterocycles. The molecule has 0 aliphatic rings. The van der Waals surface area contributed by atoms with E-state index in [-0.39, 0.29) is 5.66 Å². The molecule has 0 aliphatic carbocycles. The molecule has 0 rings (SSSR count). The van der Waals surface area contributed by atoms with Crippen LogP contribution in [0, 0.1) is 0 Å². The Kier molecular flexibility index (Phi) is 3.23. The summed E-state index contributed by atoms with van der Waals surface area (Å²) in [6, 6.07) is 0. The molecule has 52 valence electrons. The summed E-state index contributed by atoms with van der Waals surface area (Å²) in [5, 5.41) is 0. The van der Waals surface area contributed by atoms with E-state index in [1.165, 1.54) is 0 Å². The van der Waals surface area contributed by atoms with Gasteiger partial charge in [-0.2, -0.15) is 0 Å². The molecule has 0 heterocycles. The predicted octanol–water partition coefficient (Wildman–Crippen LogP) is 0.952. The van der Waals surface area contributed by atoms with Gasteiger partial charge in [-0.05, 0) is 0 Å². The van der Waals surface area contributed by atoms with Crippen molar-refractivity contribution < 1.29 is 0 Å². The zero-order valence-corrected chi connectivity index (χ0v) is 8.11. The van der Waals surface area contributed by atoms with Crippen molar-refractivity contribution in [3.05, 3.63) is 0 Å². The van der Waals surface area contributed by atoms with E-state index in [1.807, 2.05) is 13.8 Å². The first-order valence-corrected chi connectivity index (χ1v) is 7.88. The first-order valence-electron chi connectivity index (χ1n) is 2.48. The molecule has 8 heavy (non-hydrogen) atoms. The number of hydrogen-bond donors (Lipinski definition) is 2. The van der Waals surface area contributed by atoms with Crippen LogP contribution in [0.3, 0.4) is 0 Å². The van der Waals surface area contributed by atoms with Gasteiger partial charge in [-0.15, -0.1) is 0 Å². The van der Waals surface area contributed by atoms with Crippen molar-refractivity contribution in [2.24, 2.45) is 5.73 Å². The van der Waals surface area contributed by atoms with Gasteiger partial charge in [0, 0.05) is 0 Å². The van der Waals surface area contributed by atoms with Crippen LogP contribution in [0.5, 0.6) is 0 Å². The summed E-state index contributed by atoms with van der Waals surface area (Å²) >= 11 is -0.816. The van der Waals surface area contributed by atoms with Crippen molar-refractivity contribution in [3.8, 4) is 0 Å². The average molecular weight is 230 g/mol. The fourth-order valence-corrected chi connectivity index (χ4v) is 3.27. The van der Waals surface area contributed by atoms with Gasteiger partial charge in [0.05, 0.1) is 0 Å². The van der Waals surface area contributed by atoms with Gasteiger partial charge >= 0.3 is 58.7 Å². The molecule has 0 saturated heterocycles. The van der Waals surface area contributed by atoms with E-state index >= 15 is 0 Å². The first kappa shape index (κ1) is 8.65. The summed E-state index contributed by atoms with van der Waals surface area (Å²) < 4.78 is 3.32. The molecule has 3 N–H and O–H groups in total. The Bertz CT molecular complexity index is 65.3. The third kappa shape index (κ3) is 6.65. The van der Waals surface area contributed by atoms with Crippen LogP contribution < -0.4 is 9.26 Å². The summed E-state index contributed by atoms with van der Waals surface area (Å²) in [6.07, 6.45) is 0. The van der Waals surface area contributed by atoms with Crippen LogP contribution in [-0.4, -0.2) is 15.5 Å². The number of hydrogen-bond acceptors (Lipinski definition) is 2. The molecule has 0 aromatic rings. The second-order valence-corrected chi connectivity index (χ2v) is 7.43. The van der Waals surface area contributed by atoms with Gasteiger partial charge in [0.25, 0.3) is 0 Å². The summed E-state index contributed by atoms with van der Waals surface area (Å²) in [6.45, 7) is 3.98. The van der Waals surface area contributed by atoms with Crippen LogP contribution in [0.4, 0.5) is 0 Å². The van der Waals surface area contributed by atoms with Crippen LogP contribution in [0.15, 0.2) is 0 Å². The van der Waals surface area contributed by atoms with Crippen molar-refractivity contribution in [2.75, 3.05) is 9.86 Å². The summed E-state index contributed by atoms with van der Waals surface area (Å²) in [5.74, 6) is 0. The Morgan fingerprint density at radius 1 is 1.38 bits per heavy atom. The molecular weight excluding hydrogens is 215 g/mol. The fourth-order valence-electron chi connectivity index (χ4n) is 0.487. The SMILES string of the molecule is CI(C)NC(C)(C)N. The van der Waals surface area contributed by atoms with Gasteiger partial charge in [0.15, 0.2) is 0 Å². The van der Waals surface area contributed by atoms with Crippen molar-refractivity contribution in [1.29, 1.82) is 0 Å². The van der Waals surface area contributed by atoms with E-state index in [9.17, 15) is 0 Å². The van der Waals surface area contributed by atoms with E-state index in [0.717, 1.165) is 0 Å². The zero-order chi connectivity index (χ0) is 6.78. The van der Waals surface area contributed by atoms with Gasteiger partial charge in [-0.1, -0.05) is 0 Å². The molecule has 0 unspecified atom stereocenters. The molecule has 0 bridgehead atoms. The third-order valence-electron chi connectivity index (χ3n) is 0.433. The molecule has 0 fully saturated rings. The topological polar surface area (TPSA) is 38.0 Å².